The summed E-state index contributed by atoms with van der Waals surface area (Å²) in [5.74, 6) is -2.42. The van der Waals surface area contributed by atoms with Crippen LogP contribution in [-0.4, -0.2) is 36.6 Å². The lowest BCUT2D eigenvalue weighted by Crippen LogP contribution is -2.51. The molecule has 6 rings (SSSR count). The fraction of sp³-hybridized carbons (Fsp3) is 0.429. The Morgan fingerprint density at radius 3 is 2.53 bits per heavy atom. The maximum atomic E-state index is 14.6. The van der Waals surface area contributed by atoms with Crippen LogP contribution in [0.4, 0.5) is 23.4 Å². The number of alkyl halides is 3. The van der Waals surface area contributed by atoms with E-state index in [-0.39, 0.29) is 29.1 Å². The van der Waals surface area contributed by atoms with Crippen molar-refractivity contribution in [1.82, 2.24) is 19.5 Å². The molecule has 2 bridgehead atoms. The lowest BCUT2D eigenvalue weighted by Gasteiger charge is -2.47. The van der Waals surface area contributed by atoms with Gasteiger partial charge in [0.15, 0.2) is 11.6 Å². The van der Waals surface area contributed by atoms with Crippen molar-refractivity contribution >= 4 is 22.8 Å². The molecule has 0 spiro atoms. The average molecular weight is 449 g/mol. The number of nitrogens with one attached hydrogen (secondary N) is 1. The second kappa shape index (κ2) is 7.42. The minimum Gasteiger partial charge on any atom is -0.481 e. The highest BCUT2D eigenvalue weighted by Crippen LogP contribution is 2.46. The summed E-state index contributed by atoms with van der Waals surface area (Å²) < 4.78 is 55.2. The number of hydrogen-bond acceptors (Lipinski definition) is 5. The molecule has 168 valence electrons. The summed E-state index contributed by atoms with van der Waals surface area (Å²) >= 11 is 0. The number of aromatic nitrogens is 4. The van der Waals surface area contributed by atoms with Crippen molar-refractivity contribution in [2.24, 2.45) is 17.8 Å². The molecular weight excluding hydrogens is 430 g/mol. The molecule has 0 aliphatic heterocycles. The van der Waals surface area contributed by atoms with E-state index in [1.165, 1.54) is 16.8 Å². The molecule has 0 aromatic carbocycles. The van der Waals surface area contributed by atoms with Gasteiger partial charge in [-0.1, -0.05) is 0 Å². The van der Waals surface area contributed by atoms with Gasteiger partial charge in [-0.2, -0.15) is 18.2 Å². The van der Waals surface area contributed by atoms with E-state index in [0.717, 1.165) is 44.1 Å². The van der Waals surface area contributed by atoms with Crippen molar-refractivity contribution in [3.05, 3.63) is 42.1 Å². The zero-order chi connectivity index (χ0) is 22.6. The molecule has 11 heteroatoms. The van der Waals surface area contributed by atoms with Gasteiger partial charge in [0.25, 0.3) is 0 Å². The van der Waals surface area contributed by atoms with Crippen LogP contribution in [0.2, 0.25) is 0 Å². The molecule has 3 saturated carbocycles. The molecular formula is C21H19F4N5O2. The topological polar surface area (TPSA) is 92.9 Å². The largest absolute Gasteiger partial charge is 0.481 e. The van der Waals surface area contributed by atoms with E-state index >= 15 is 0 Å². The minimum absolute atomic E-state index is 0.0274. The number of halogens is 4. The SMILES string of the molecule is O=C(O)[C@@H]1C2CCC(CC2)[C@H]1Nc1nc(-n2ccc3ncc(C(F)(F)F)cc32)ncc1F. The summed E-state index contributed by atoms with van der Waals surface area (Å²) in [5, 5.41) is 12.7. The molecule has 2 N–H and O–H groups in total. The van der Waals surface area contributed by atoms with Crippen molar-refractivity contribution in [2.75, 3.05) is 5.32 Å². The highest BCUT2D eigenvalue weighted by atomic mass is 19.4. The highest BCUT2D eigenvalue weighted by Gasteiger charge is 2.47. The van der Waals surface area contributed by atoms with Crippen LogP contribution in [0.25, 0.3) is 17.0 Å². The van der Waals surface area contributed by atoms with Crippen molar-refractivity contribution in [2.45, 2.75) is 37.9 Å². The van der Waals surface area contributed by atoms with Gasteiger partial charge in [-0.05, 0) is 49.7 Å². The number of nitrogens with zero attached hydrogens (tertiary/aromatic N) is 4. The Hall–Kier alpha value is -3.24. The van der Waals surface area contributed by atoms with Crippen LogP contribution in [0.5, 0.6) is 0 Å². The van der Waals surface area contributed by atoms with Crippen LogP contribution in [0.15, 0.2) is 30.7 Å². The molecule has 0 radical (unpaired) electrons. The van der Waals surface area contributed by atoms with Gasteiger partial charge in [0.05, 0.1) is 28.7 Å². The van der Waals surface area contributed by atoms with Gasteiger partial charge < -0.3 is 10.4 Å². The third-order valence-corrected chi connectivity index (χ3v) is 6.62. The van der Waals surface area contributed by atoms with Gasteiger partial charge in [-0.3, -0.25) is 14.3 Å². The minimum atomic E-state index is -4.57. The normalized spacial score (nSPS) is 25.2. The number of pyridine rings is 1. The maximum absolute atomic E-state index is 14.6. The summed E-state index contributed by atoms with van der Waals surface area (Å²) in [5.41, 5.74) is -0.499. The van der Waals surface area contributed by atoms with E-state index in [1.807, 2.05) is 0 Å². The van der Waals surface area contributed by atoms with E-state index in [0.29, 0.717) is 5.52 Å². The molecule has 3 aromatic rings. The van der Waals surface area contributed by atoms with E-state index in [4.69, 9.17) is 0 Å². The number of carboxylic acid groups (broad SMARTS) is 1. The number of aliphatic carboxylic acids is 1. The number of hydrogen-bond donors (Lipinski definition) is 2. The summed E-state index contributed by atoms with van der Waals surface area (Å²) in [6, 6.07) is 1.97. The van der Waals surface area contributed by atoms with Crippen LogP contribution in [0, 0.1) is 23.6 Å². The summed E-state index contributed by atoms with van der Waals surface area (Å²) in [7, 11) is 0. The first-order valence-corrected chi connectivity index (χ1v) is 10.3. The monoisotopic (exact) mass is 449 g/mol. The Kier molecular flexibility index (Phi) is 4.79. The molecule has 7 nitrogen and oxygen atoms in total. The number of rotatable bonds is 4. The fourth-order valence-electron chi connectivity index (χ4n) is 5.09. The second-order valence-corrected chi connectivity index (χ2v) is 8.39. The fourth-order valence-corrected chi connectivity index (χ4v) is 5.09. The van der Waals surface area contributed by atoms with Crippen molar-refractivity contribution in [3.8, 4) is 5.95 Å². The number of carboxylic acids is 1. The third kappa shape index (κ3) is 3.45. The Bertz CT molecular complexity index is 1190. The van der Waals surface area contributed by atoms with E-state index in [1.54, 1.807) is 0 Å². The molecule has 2 atom stereocenters. The Morgan fingerprint density at radius 1 is 1.12 bits per heavy atom. The Balaban J connectivity index is 1.52. The Morgan fingerprint density at radius 2 is 1.84 bits per heavy atom. The molecule has 32 heavy (non-hydrogen) atoms. The lowest BCUT2D eigenvalue weighted by molar-refractivity contribution is -0.148. The van der Waals surface area contributed by atoms with Gasteiger partial charge in [-0.25, -0.2) is 9.37 Å². The van der Waals surface area contributed by atoms with Crippen LogP contribution in [-0.2, 0) is 11.0 Å². The van der Waals surface area contributed by atoms with Crippen molar-refractivity contribution in [1.29, 1.82) is 0 Å². The van der Waals surface area contributed by atoms with Crippen LogP contribution in [0.3, 0.4) is 0 Å². The molecule has 3 aliphatic rings. The van der Waals surface area contributed by atoms with Crippen molar-refractivity contribution in [3.63, 3.8) is 0 Å². The molecule has 3 aliphatic carbocycles. The third-order valence-electron chi connectivity index (χ3n) is 6.62. The Labute approximate surface area is 179 Å². The summed E-state index contributed by atoms with van der Waals surface area (Å²) in [4.78, 5) is 23.8. The first kappa shape index (κ1) is 20.7. The van der Waals surface area contributed by atoms with Gasteiger partial charge in [0, 0.05) is 18.4 Å². The molecule has 3 fully saturated rings. The quantitative estimate of drug-likeness (QED) is 0.578. The van der Waals surface area contributed by atoms with Gasteiger partial charge >= 0.3 is 12.1 Å². The molecule has 3 heterocycles. The molecule has 0 saturated heterocycles. The van der Waals surface area contributed by atoms with E-state index in [9.17, 15) is 27.5 Å². The number of carbonyl (C=O) groups is 1. The predicted molar refractivity (Wildman–Crippen MR) is 106 cm³/mol. The van der Waals surface area contributed by atoms with Gasteiger partial charge in [-0.15, -0.1) is 0 Å². The summed E-state index contributed by atoms with van der Waals surface area (Å²) in [6.07, 6.45) is 1.95. The average Bonchev–Trinajstić information content (AvgIpc) is 3.18. The first-order valence-electron chi connectivity index (χ1n) is 10.3. The highest BCUT2D eigenvalue weighted by molar-refractivity contribution is 5.78. The van der Waals surface area contributed by atoms with Crippen LogP contribution >= 0.6 is 0 Å². The molecule has 0 amide bonds. The van der Waals surface area contributed by atoms with Gasteiger partial charge in [0.2, 0.25) is 5.95 Å². The van der Waals surface area contributed by atoms with E-state index in [2.05, 4.69) is 20.3 Å². The zero-order valence-electron chi connectivity index (χ0n) is 16.7. The number of anilines is 1. The molecule has 0 unspecified atom stereocenters. The van der Waals surface area contributed by atoms with Crippen LogP contribution < -0.4 is 5.32 Å². The van der Waals surface area contributed by atoms with E-state index < -0.39 is 35.5 Å². The first-order chi connectivity index (χ1) is 15.2. The zero-order valence-corrected chi connectivity index (χ0v) is 16.7. The standard InChI is InChI=1S/C21H19F4N5O2/c22-13-9-27-20(30-6-5-14-15(30)7-12(8-26-14)21(23,24)25)29-18(13)28-17-11-3-1-10(2-4-11)16(17)19(31)32/h5-11,16-17H,1-4H2,(H,31,32)(H,27,28,29)/t10?,11?,16-,17-/m1/s1. The second-order valence-electron chi connectivity index (χ2n) is 8.39. The van der Waals surface area contributed by atoms with Crippen LogP contribution in [0.1, 0.15) is 31.2 Å². The van der Waals surface area contributed by atoms with Crippen molar-refractivity contribution < 1.29 is 27.5 Å². The van der Waals surface area contributed by atoms with Gasteiger partial charge in [0.1, 0.15) is 0 Å². The maximum Gasteiger partial charge on any atom is 0.417 e. The lowest BCUT2D eigenvalue weighted by atomic mass is 9.61. The number of fused-ring (bicyclic) bond motifs is 4. The summed E-state index contributed by atoms with van der Waals surface area (Å²) in [6.45, 7) is 0. The smallest absolute Gasteiger partial charge is 0.417 e. The molecule has 3 aromatic heterocycles. The predicted octanol–water partition coefficient (Wildman–Crippen LogP) is 4.27.